The third-order valence-corrected chi connectivity index (χ3v) is 3.70. The molecule has 0 saturated heterocycles. The van der Waals surface area contributed by atoms with E-state index < -0.39 is 30.7 Å². The van der Waals surface area contributed by atoms with E-state index in [-0.39, 0.29) is 24.0 Å². The van der Waals surface area contributed by atoms with Crippen LogP contribution in [0.3, 0.4) is 0 Å². The molecule has 1 amide bonds. The predicted octanol–water partition coefficient (Wildman–Crippen LogP) is 0.372. The summed E-state index contributed by atoms with van der Waals surface area (Å²) in [4.78, 5) is 23.1. The van der Waals surface area contributed by atoms with Gasteiger partial charge in [-0.2, -0.15) is 0 Å². The van der Waals surface area contributed by atoms with Crippen molar-refractivity contribution in [1.82, 2.24) is 5.32 Å². The monoisotopic (exact) mass is 343 g/mol. The molecule has 0 fully saturated rings. The summed E-state index contributed by atoms with van der Waals surface area (Å²) < 4.78 is 0. The number of phenols is 1. The Labute approximate surface area is 144 Å². The lowest BCUT2D eigenvalue weighted by Crippen LogP contribution is -2.48. The van der Waals surface area contributed by atoms with Gasteiger partial charge in [0.25, 0.3) is 0 Å². The molecule has 0 heterocycles. The molecule has 130 valence electrons. The first kappa shape index (κ1) is 18.5. The second kappa shape index (κ2) is 8.32. The van der Waals surface area contributed by atoms with Crippen molar-refractivity contribution in [2.75, 3.05) is 0 Å². The highest BCUT2D eigenvalue weighted by molar-refractivity contribution is 6.43. The molecule has 0 radical (unpaired) electrons. The van der Waals surface area contributed by atoms with E-state index in [2.05, 4.69) is 5.32 Å². The van der Waals surface area contributed by atoms with Gasteiger partial charge in [-0.3, -0.25) is 4.79 Å². The highest BCUT2D eigenvalue weighted by atomic mass is 16.4. The van der Waals surface area contributed by atoms with Crippen LogP contribution in [0.4, 0.5) is 0 Å². The molecule has 0 aliphatic heterocycles. The fourth-order valence-electron chi connectivity index (χ4n) is 2.44. The zero-order chi connectivity index (χ0) is 18.4. The highest BCUT2D eigenvalue weighted by Gasteiger charge is 2.27. The number of carbonyl (C=O) groups excluding carboxylic acids is 1. The predicted molar refractivity (Wildman–Crippen MR) is 91.0 cm³/mol. The Bertz CT molecular complexity index is 750. The molecule has 2 aromatic carbocycles. The molecule has 0 aromatic heterocycles. The van der Waals surface area contributed by atoms with Crippen LogP contribution < -0.4 is 5.32 Å². The molecule has 1 unspecified atom stereocenters. The average Bonchev–Trinajstić information content (AvgIpc) is 2.56. The maximum absolute atomic E-state index is 12.1. The van der Waals surface area contributed by atoms with Crippen molar-refractivity contribution < 1.29 is 29.9 Å². The van der Waals surface area contributed by atoms with Crippen molar-refractivity contribution in [3.8, 4) is 5.75 Å². The van der Waals surface area contributed by atoms with Gasteiger partial charge >= 0.3 is 13.1 Å². The Hall–Kier alpha value is -2.84. The number of hydrogen-bond donors (Lipinski definition) is 5. The summed E-state index contributed by atoms with van der Waals surface area (Å²) in [7, 11) is -1.87. The zero-order valence-electron chi connectivity index (χ0n) is 13.3. The van der Waals surface area contributed by atoms with Crippen LogP contribution >= 0.6 is 0 Å². The fourth-order valence-corrected chi connectivity index (χ4v) is 2.44. The van der Waals surface area contributed by atoms with Crippen LogP contribution in [0.1, 0.15) is 21.5 Å². The lowest BCUT2D eigenvalue weighted by Gasteiger charge is -2.19. The Morgan fingerprint density at radius 2 is 1.72 bits per heavy atom. The van der Waals surface area contributed by atoms with E-state index in [1.165, 1.54) is 18.2 Å². The summed E-state index contributed by atoms with van der Waals surface area (Å²) in [5, 5.41) is 40.5. The molecule has 25 heavy (non-hydrogen) atoms. The SMILES string of the molecule is O=C(Cc1ccccc1)NC(Cc1cccc(C(=O)O)c1O)B(O)O. The van der Waals surface area contributed by atoms with Gasteiger partial charge in [0.05, 0.1) is 12.4 Å². The van der Waals surface area contributed by atoms with E-state index in [0.29, 0.717) is 0 Å². The second-order valence-electron chi connectivity index (χ2n) is 5.57. The number of carbonyl (C=O) groups is 2. The largest absolute Gasteiger partial charge is 0.507 e. The van der Waals surface area contributed by atoms with Crippen LogP contribution in [0, 0.1) is 0 Å². The summed E-state index contributed by atoms with van der Waals surface area (Å²) in [6.07, 6.45) is -0.0731. The number of amides is 1. The van der Waals surface area contributed by atoms with E-state index in [9.17, 15) is 24.7 Å². The Morgan fingerprint density at radius 3 is 2.32 bits per heavy atom. The van der Waals surface area contributed by atoms with E-state index in [1.54, 1.807) is 24.3 Å². The van der Waals surface area contributed by atoms with E-state index in [4.69, 9.17) is 5.11 Å². The van der Waals surface area contributed by atoms with Crippen molar-refractivity contribution in [3.63, 3.8) is 0 Å². The first-order valence-electron chi connectivity index (χ1n) is 7.62. The molecule has 0 spiro atoms. The Balaban J connectivity index is 2.10. The minimum Gasteiger partial charge on any atom is -0.507 e. The molecule has 7 nitrogen and oxygen atoms in total. The topological polar surface area (TPSA) is 127 Å². The van der Waals surface area contributed by atoms with Crippen molar-refractivity contribution in [1.29, 1.82) is 0 Å². The quantitative estimate of drug-likeness (QED) is 0.463. The number of aromatic carboxylic acids is 1. The minimum absolute atomic E-state index is 0.0607. The molecular weight excluding hydrogens is 325 g/mol. The lowest BCUT2D eigenvalue weighted by molar-refractivity contribution is -0.120. The zero-order valence-corrected chi connectivity index (χ0v) is 13.3. The van der Waals surface area contributed by atoms with Gasteiger partial charge < -0.3 is 25.6 Å². The molecular formula is C17H18BNO6. The summed E-state index contributed by atoms with van der Waals surface area (Å²) >= 11 is 0. The van der Waals surface area contributed by atoms with Crippen molar-refractivity contribution in [2.45, 2.75) is 18.8 Å². The Morgan fingerprint density at radius 1 is 1.04 bits per heavy atom. The normalized spacial score (nSPS) is 11.6. The molecule has 5 N–H and O–H groups in total. The van der Waals surface area contributed by atoms with Crippen LogP contribution in [-0.4, -0.2) is 45.2 Å². The smallest absolute Gasteiger partial charge is 0.475 e. The molecule has 0 bridgehead atoms. The van der Waals surface area contributed by atoms with Gasteiger partial charge in [-0.25, -0.2) is 4.79 Å². The average molecular weight is 343 g/mol. The van der Waals surface area contributed by atoms with Gasteiger partial charge in [0.15, 0.2) is 0 Å². The van der Waals surface area contributed by atoms with Crippen LogP contribution in [-0.2, 0) is 17.6 Å². The number of para-hydroxylation sites is 1. The van der Waals surface area contributed by atoms with Gasteiger partial charge in [-0.15, -0.1) is 0 Å². The van der Waals surface area contributed by atoms with Crippen LogP contribution in [0.2, 0.25) is 0 Å². The maximum atomic E-state index is 12.1. The van der Waals surface area contributed by atoms with Crippen molar-refractivity contribution in [3.05, 3.63) is 65.2 Å². The minimum atomic E-state index is -1.87. The van der Waals surface area contributed by atoms with Crippen LogP contribution in [0.5, 0.6) is 5.75 Å². The molecule has 0 saturated carbocycles. The number of aromatic hydroxyl groups is 1. The van der Waals surface area contributed by atoms with Crippen LogP contribution in [0.25, 0.3) is 0 Å². The van der Waals surface area contributed by atoms with E-state index in [1.807, 2.05) is 6.07 Å². The molecule has 2 rings (SSSR count). The maximum Gasteiger partial charge on any atom is 0.475 e. The van der Waals surface area contributed by atoms with E-state index in [0.717, 1.165) is 5.56 Å². The second-order valence-corrected chi connectivity index (χ2v) is 5.57. The number of rotatable bonds is 7. The van der Waals surface area contributed by atoms with Crippen molar-refractivity contribution in [2.24, 2.45) is 0 Å². The third kappa shape index (κ3) is 5.07. The number of carboxylic acids is 1. The number of hydrogen-bond acceptors (Lipinski definition) is 5. The highest BCUT2D eigenvalue weighted by Crippen LogP contribution is 2.24. The summed E-state index contributed by atoms with van der Waals surface area (Å²) in [6, 6.07) is 13.1. The molecule has 2 aromatic rings. The van der Waals surface area contributed by atoms with Crippen LogP contribution in [0.15, 0.2) is 48.5 Å². The van der Waals surface area contributed by atoms with Gasteiger partial charge in [0.2, 0.25) is 5.91 Å². The summed E-state index contributed by atoms with van der Waals surface area (Å²) in [5.41, 5.74) is 0.666. The van der Waals surface area contributed by atoms with Gasteiger partial charge in [0.1, 0.15) is 11.3 Å². The molecule has 1 atom stereocenters. The van der Waals surface area contributed by atoms with Crippen molar-refractivity contribution >= 4 is 19.0 Å². The molecule has 0 aliphatic carbocycles. The molecule has 8 heteroatoms. The van der Waals surface area contributed by atoms with E-state index >= 15 is 0 Å². The first-order chi connectivity index (χ1) is 11.9. The summed E-state index contributed by atoms with van der Waals surface area (Å²) in [6.45, 7) is 0. The van der Waals surface area contributed by atoms with Gasteiger partial charge in [0, 0.05) is 0 Å². The summed E-state index contributed by atoms with van der Waals surface area (Å²) in [5.74, 6) is -3.27. The first-order valence-corrected chi connectivity index (χ1v) is 7.62. The fraction of sp³-hybridized carbons (Fsp3) is 0.176. The van der Waals surface area contributed by atoms with Gasteiger partial charge in [-0.05, 0) is 23.6 Å². The van der Waals surface area contributed by atoms with Gasteiger partial charge in [-0.1, -0.05) is 42.5 Å². The standard InChI is InChI=1S/C17H18BNO6/c20-15(9-11-5-2-1-3-6-11)19-14(18(24)25)10-12-7-4-8-13(16(12)21)17(22)23/h1-8,14,21,24-25H,9-10H2,(H,19,20)(H,22,23). The third-order valence-electron chi connectivity index (χ3n) is 3.70. The Kier molecular flexibility index (Phi) is 6.16. The lowest BCUT2D eigenvalue weighted by atomic mass is 9.75. The number of carboxylic acid groups (broad SMARTS) is 1. The number of nitrogens with one attached hydrogen (secondary N) is 1. The number of benzene rings is 2. The molecule has 0 aliphatic rings.